The Bertz CT molecular complexity index is 933. The van der Waals surface area contributed by atoms with Crippen molar-refractivity contribution in [3.63, 3.8) is 0 Å². The van der Waals surface area contributed by atoms with Crippen LogP contribution >= 0.6 is 11.6 Å². The van der Waals surface area contributed by atoms with E-state index in [1.807, 2.05) is 0 Å². The number of rotatable bonds is 12. The van der Waals surface area contributed by atoms with E-state index in [1.165, 1.54) is 26.3 Å². The SMILES string of the molecule is CCCCC(CCCC)N(NC(=O)c1cc(OC)c(OC)c(OC)c1)C(=O)c1ccccc1Cl. The minimum atomic E-state index is -0.461. The van der Waals surface area contributed by atoms with Crippen molar-refractivity contribution in [2.24, 2.45) is 0 Å². The van der Waals surface area contributed by atoms with Crippen LogP contribution in [0.5, 0.6) is 17.2 Å². The Morgan fingerprint density at radius 2 is 1.50 bits per heavy atom. The number of nitrogens with one attached hydrogen (secondary N) is 1. The molecule has 0 fully saturated rings. The average Bonchev–Trinajstić information content (AvgIpc) is 2.86. The third-order valence-corrected chi connectivity index (χ3v) is 5.95. The lowest BCUT2D eigenvalue weighted by Gasteiger charge is -2.32. The van der Waals surface area contributed by atoms with Crippen LogP contribution in [0.1, 0.15) is 73.1 Å². The number of hydrogen-bond donors (Lipinski definition) is 1. The second-order valence-electron chi connectivity index (χ2n) is 7.95. The number of hydrogen-bond acceptors (Lipinski definition) is 5. The van der Waals surface area contributed by atoms with Crippen molar-refractivity contribution < 1.29 is 23.8 Å². The number of ether oxygens (including phenoxy) is 3. The van der Waals surface area contributed by atoms with Gasteiger partial charge in [-0.2, -0.15) is 0 Å². The predicted octanol–water partition coefficient (Wildman–Crippen LogP) is 5.90. The van der Waals surface area contributed by atoms with E-state index in [9.17, 15) is 9.59 Å². The quantitative estimate of drug-likeness (QED) is 0.375. The van der Waals surface area contributed by atoms with Gasteiger partial charge in [-0.1, -0.05) is 63.3 Å². The van der Waals surface area contributed by atoms with Crippen LogP contribution in [-0.4, -0.2) is 44.2 Å². The first-order valence-electron chi connectivity index (χ1n) is 11.6. The highest BCUT2D eigenvalue weighted by Crippen LogP contribution is 2.38. The van der Waals surface area contributed by atoms with Gasteiger partial charge >= 0.3 is 0 Å². The van der Waals surface area contributed by atoms with E-state index >= 15 is 0 Å². The Morgan fingerprint density at radius 3 is 1.97 bits per heavy atom. The summed E-state index contributed by atoms with van der Waals surface area (Å²) < 4.78 is 16.1. The van der Waals surface area contributed by atoms with Crippen molar-refractivity contribution in [3.8, 4) is 17.2 Å². The Balaban J connectivity index is 2.47. The number of carbonyl (C=O) groups excluding carboxylic acids is 2. The first-order valence-corrected chi connectivity index (χ1v) is 12.0. The van der Waals surface area contributed by atoms with Gasteiger partial charge in [-0.05, 0) is 37.1 Å². The van der Waals surface area contributed by atoms with Gasteiger partial charge < -0.3 is 14.2 Å². The summed E-state index contributed by atoms with van der Waals surface area (Å²) in [5.74, 6) is 0.282. The number of methoxy groups -OCH3 is 3. The molecule has 0 aliphatic carbocycles. The molecule has 0 aliphatic rings. The van der Waals surface area contributed by atoms with Crippen molar-refractivity contribution >= 4 is 23.4 Å². The van der Waals surface area contributed by atoms with Crippen LogP contribution in [0, 0.1) is 0 Å². The molecule has 2 aromatic carbocycles. The summed E-state index contributed by atoms with van der Waals surface area (Å²) in [7, 11) is 4.46. The lowest BCUT2D eigenvalue weighted by Crippen LogP contribution is -2.52. The highest BCUT2D eigenvalue weighted by molar-refractivity contribution is 6.33. The van der Waals surface area contributed by atoms with Gasteiger partial charge in [0.25, 0.3) is 11.8 Å². The standard InChI is InChI=1S/C26H35ClN2O5/c1-6-8-12-19(13-9-7-2)29(26(31)20-14-10-11-15-21(20)27)28-25(30)18-16-22(32-3)24(34-5)23(17-18)33-4/h10-11,14-17,19H,6-9,12-13H2,1-5H3,(H,28,30). The van der Waals surface area contributed by atoms with Crippen molar-refractivity contribution in [1.29, 1.82) is 0 Å². The highest BCUT2D eigenvalue weighted by Gasteiger charge is 2.28. The van der Waals surface area contributed by atoms with Crippen LogP contribution in [0.3, 0.4) is 0 Å². The van der Waals surface area contributed by atoms with Crippen LogP contribution in [0.15, 0.2) is 36.4 Å². The molecule has 8 heteroatoms. The predicted molar refractivity (Wildman–Crippen MR) is 134 cm³/mol. The summed E-state index contributed by atoms with van der Waals surface area (Å²) in [6, 6.07) is 9.80. The molecule has 0 bridgehead atoms. The fourth-order valence-corrected chi connectivity index (χ4v) is 3.96. The molecule has 7 nitrogen and oxygen atoms in total. The first-order chi connectivity index (χ1) is 16.4. The topological polar surface area (TPSA) is 77.1 Å². The number of nitrogens with zero attached hydrogens (tertiary/aromatic N) is 1. The van der Waals surface area contributed by atoms with Crippen LogP contribution in [-0.2, 0) is 0 Å². The zero-order valence-electron chi connectivity index (χ0n) is 20.7. The molecule has 0 spiro atoms. The molecular weight excluding hydrogens is 456 g/mol. The van der Waals surface area contributed by atoms with Gasteiger partial charge in [0.15, 0.2) is 11.5 Å². The molecule has 0 radical (unpaired) electrons. The van der Waals surface area contributed by atoms with Gasteiger partial charge in [0.05, 0.1) is 38.0 Å². The molecular formula is C26H35ClN2O5. The molecule has 0 aromatic heterocycles. The number of unbranched alkanes of at least 4 members (excludes halogenated alkanes) is 2. The van der Waals surface area contributed by atoms with E-state index in [2.05, 4.69) is 19.3 Å². The van der Waals surface area contributed by atoms with Gasteiger partial charge in [0.1, 0.15) is 0 Å². The molecule has 0 aliphatic heterocycles. The normalized spacial score (nSPS) is 10.7. The lowest BCUT2D eigenvalue weighted by atomic mass is 10.0. The van der Waals surface area contributed by atoms with Crippen LogP contribution in [0.25, 0.3) is 0 Å². The van der Waals surface area contributed by atoms with Gasteiger partial charge in [0.2, 0.25) is 5.75 Å². The average molecular weight is 491 g/mol. The van der Waals surface area contributed by atoms with Crippen LogP contribution < -0.4 is 19.6 Å². The number of hydrazine groups is 1. The van der Waals surface area contributed by atoms with E-state index < -0.39 is 5.91 Å². The Hall–Kier alpha value is -2.93. The summed E-state index contributed by atoms with van der Waals surface area (Å²) in [5, 5.41) is 1.78. The molecule has 0 saturated carbocycles. The molecule has 186 valence electrons. The molecule has 34 heavy (non-hydrogen) atoms. The Labute approximate surface area is 207 Å². The van der Waals surface area contributed by atoms with Crippen molar-refractivity contribution in [2.45, 2.75) is 58.4 Å². The summed E-state index contributed by atoms with van der Waals surface area (Å²) in [5.41, 5.74) is 3.47. The number of carbonyl (C=O) groups is 2. The summed E-state index contributed by atoms with van der Waals surface area (Å²) in [6.07, 6.45) is 5.36. The minimum absolute atomic E-state index is 0.172. The van der Waals surface area contributed by atoms with Crippen molar-refractivity contribution in [1.82, 2.24) is 10.4 Å². The molecule has 2 amide bonds. The van der Waals surface area contributed by atoms with Gasteiger partial charge in [0, 0.05) is 5.56 Å². The summed E-state index contributed by atoms with van der Waals surface area (Å²) >= 11 is 6.34. The second kappa shape index (κ2) is 13.7. The largest absolute Gasteiger partial charge is 0.493 e. The molecule has 0 atom stereocenters. The molecule has 1 N–H and O–H groups in total. The molecule has 0 saturated heterocycles. The number of halogens is 1. The number of amides is 2. The molecule has 0 heterocycles. The van der Waals surface area contributed by atoms with E-state index in [4.69, 9.17) is 25.8 Å². The highest BCUT2D eigenvalue weighted by atomic mass is 35.5. The fourth-order valence-electron chi connectivity index (χ4n) is 3.74. The maximum Gasteiger partial charge on any atom is 0.274 e. The first kappa shape index (κ1) is 27.3. The summed E-state index contributed by atoms with van der Waals surface area (Å²) in [6.45, 7) is 4.21. The van der Waals surface area contributed by atoms with Gasteiger partial charge in [-0.15, -0.1) is 0 Å². The minimum Gasteiger partial charge on any atom is -0.493 e. The third-order valence-electron chi connectivity index (χ3n) is 5.62. The Morgan fingerprint density at radius 1 is 0.941 bits per heavy atom. The van der Waals surface area contributed by atoms with E-state index in [-0.39, 0.29) is 17.5 Å². The fraction of sp³-hybridized carbons (Fsp3) is 0.462. The van der Waals surface area contributed by atoms with Crippen LogP contribution in [0.4, 0.5) is 0 Å². The molecule has 2 rings (SSSR count). The van der Waals surface area contributed by atoms with E-state index in [0.29, 0.717) is 27.8 Å². The zero-order chi connectivity index (χ0) is 25.1. The maximum absolute atomic E-state index is 13.6. The number of benzene rings is 2. The van der Waals surface area contributed by atoms with Crippen LogP contribution in [0.2, 0.25) is 5.02 Å². The second-order valence-corrected chi connectivity index (χ2v) is 8.36. The molecule has 2 aromatic rings. The van der Waals surface area contributed by atoms with Crippen molar-refractivity contribution in [2.75, 3.05) is 21.3 Å². The third kappa shape index (κ3) is 6.79. The lowest BCUT2D eigenvalue weighted by molar-refractivity contribution is 0.0450. The Kier molecular flexibility index (Phi) is 11.0. The monoisotopic (exact) mass is 490 g/mol. The molecule has 0 unspecified atom stereocenters. The van der Waals surface area contributed by atoms with Crippen molar-refractivity contribution in [3.05, 3.63) is 52.5 Å². The smallest absolute Gasteiger partial charge is 0.274 e. The van der Waals surface area contributed by atoms with E-state index in [0.717, 1.165) is 38.5 Å². The van der Waals surface area contributed by atoms with Gasteiger partial charge in [-0.25, -0.2) is 5.01 Å². The zero-order valence-corrected chi connectivity index (χ0v) is 21.4. The summed E-state index contributed by atoms with van der Waals surface area (Å²) in [4.78, 5) is 27.0. The van der Waals surface area contributed by atoms with E-state index in [1.54, 1.807) is 36.4 Å². The van der Waals surface area contributed by atoms with Gasteiger partial charge in [-0.3, -0.25) is 15.0 Å². The maximum atomic E-state index is 13.6.